The molecule has 0 rings (SSSR count). The summed E-state index contributed by atoms with van der Waals surface area (Å²) < 4.78 is 16.6. The third-order valence-corrected chi connectivity index (χ3v) is 8.82. The summed E-state index contributed by atoms with van der Waals surface area (Å²) in [7, 11) is 0. The maximum atomic E-state index is 12.7. The van der Waals surface area contributed by atoms with Gasteiger partial charge in [0.2, 0.25) is 0 Å². The number of carbonyl (C=O) groups is 3. The molecule has 6 heteroatoms. The summed E-state index contributed by atoms with van der Waals surface area (Å²) in [6.45, 7) is 6.16. The molecule has 0 aliphatic rings. The maximum Gasteiger partial charge on any atom is 0.306 e. The molecule has 0 aliphatic heterocycles. The van der Waals surface area contributed by atoms with Crippen LogP contribution in [0.15, 0.2) is 158 Å². The molecular formula is C55H80O6. The Labute approximate surface area is 371 Å². The third-order valence-electron chi connectivity index (χ3n) is 8.82. The molecule has 1 unspecified atom stereocenters. The number of rotatable bonds is 38. The predicted molar refractivity (Wildman–Crippen MR) is 260 cm³/mol. The number of unbranched alkanes of at least 4 members (excludes halogenated alkanes) is 11. The van der Waals surface area contributed by atoms with Gasteiger partial charge in [-0.25, -0.2) is 0 Å². The largest absolute Gasteiger partial charge is 0.462 e. The van der Waals surface area contributed by atoms with E-state index in [-0.39, 0.29) is 50.4 Å². The standard InChI is InChI=1S/C55H80O6/c1-4-7-10-13-16-19-21-23-25-26-27-28-30-31-33-36-39-42-45-48-54(57)60-51-52(50-59-53(56)47-44-41-38-35-18-15-12-9-6-3)61-55(58)49-46-43-40-37-34-32-29-24-22-20-17-14-11-8-5-2/h7-8,10-11,13-14,16-17,19-35,38,52H,4-6,9,12,15,18,36-37,39-51H2,1-3H3/b10-7-,11-8-,16-13-,17-14-,21-19-,22-20-,25-23-,27-26+,29-24-,30-28-,33-31-,34-32-,38-35-. The number of ether oxygens (including phenoxy) is 3. The highest BCUT2D eigenvalue weighted by molar-refractivity contribution is 5.71. The number of carbonyl (C=O) groups excluding carboxylic acids is 3. The molecule has 0 aromatic rings. The average Bonchev–Trinajstić information content (AvgIpc) is 3.26. The van der Waals surface area contributed by atoms with Crippen LogP contribution < -0.4 is 0 Å². The second-order valence-corrected chi connectivity index (χ2v) is 14.5. The Balaban J connectivity index is 4.61. The van der Waals surface area contributed by atoms with Gasteiger partial charge in [0.05, 0.1) is 0 Å². The van der Waals surface area contributed by atoms with Crippen LogP contribution in [0.25, 0.3) is 0 Å². The highest BCUT2D eigenvalue weighted by Gasteiger charge is 2.19. The molecule has 1 atom stereocenters. The third kappa shape index (κ3) is 46.0. The molecule has 0 N–H and O–H groups in total. The summed E-state index contributed by atoms with van der Waals surface area (Å²) in [6.07, 6.45) is 69.4. The number of esters is 3. The first-order chi connectivity index (χ1) is 30.0. The average molecular weight is 837 g/mol. The van der Waals surface area contributed by atoms with Crippen molar-refractivity contribution in [2.24, 2.45) is 0 Å². The Kier molecular flexibility index (Phi) is 43.8. The summed E-state index contributed by atoms with van der Waals surface area (Å²) in [4.78, 5) is 37.7. The Morgan fingerprint density at radius 3 is 1.08 bits per heavy atom. The second-order valence-electron chi connectivity index (χ2n) is 14.5. The van der Waals surface area contributed by atoms with E-state index in [1.807, 2.05) is 122 Å². The molecule has 0 aromatic carbocycles. The van der Waals surface area contributed by atoms with Crippen LogP contribution >= 0.6 is 0 Å². The van der Waals surface area contributed by atoms with E-state index in [0.717, 1.165) is 64.2 Å². The smallest absolute Gasteiger partial charge is 0.306 e. The molecule has 0 aliphatic carbocycles. The van der Waals surface area contributed by atoms with Gasteiger partial charge in [-0.05, 0) is 77.0 Å². The quantitative estimate of drug-likeness (QED) is 0.0203. The number of allylic oxidation sites excluding steroid dienone is 26. The zero-order valence-electron chi connectivity index (χ0n) is 38.1. The van der Waals surface area contributed by atoms with Gasteiger partial charge in [-0.1, -0.05) is 211 Å². The molecule has 61 heavy (non-hydrogen) atoms. The van der Waals surface area contributed by atoms with Gasteiger partial charge >= 0.3 is 17.9 Å². The van der Waals surface area contributed by atoms with Crippen molar-refractivity contribution in [2.45, 2.75) is 155 Å². The van der Waals surface area contributed by atoms with Crippen LogP contribution in [0.2, 0.25) is 0 Å². The molecule has 0 amide bonds. The lowest BCUT2D eigenvalue weighted by Crippen LogP contribution is -2.30. The van der Waals surface area contributed by atoms with Crippen LogP contribution in [0.4, 0.5) is 0 Å². The lowest BCUT2D eigenvalue weighted by molar-refractivity contribution is -0.167. The topological polar surface area (TPSA) is 78.9 Å². The van der Waals surface area contributed by atoms with E-state index >= 15 is 0 Å². The first-order valence-corrected chi connectivity index (χ1v) is 23.2. The van der Waals surface area contributed by atoms with Gasteiger partial charge < -0.3 is 14.2 Å². The first-order valence-electron chi connectivity index (χ1n) is 23.2. The molecule has 0 heterocycles. The molecular weight excluding hydrogens is 757 g/mol. The molecule has 0 aromatic heterocycles. The van der Waals surface area contributed by atoms with Crippen molar-refractivity contribution < 1.29 is 28.6 Å². The molecule has 0 saturated carbocycles. The van der Waals surface area contributed by atoms with Gasteiger partial charge in [0.1, 0.15) is 13.2 Å². The van der Waals surface area contributed by atoms with Crippen molar-refractivity contribution >= 4 is 17.9 Å². The summed E-state index contributed by atoms with van der Waals surface area (Å²) in [5.74, 6) is -1.07. The summed E-state index contributed by atoms with van der Waals surface area (Å²) in [6, 6.07) is 0. The van der Waals surface area contributed by atoms with Crippen LogP contribution in [0.3, 0.4) is 0 Å². The molecule has 6 nitrogen and oxygen atoms in total. The Morgan fingerprint density at radius 2 is 0.672 bits per heavy atom. The fraction of sp³-hybridized carbons (Fsp3) is 0.473. The normalized spacial score (nSPS) is 13.6. The fourth-order valence-corrected chi connectivity index (χ4v) is 5.39. The highest BCUT2D eigenvalue weighted by atomic mass is 16.6. The molecule has 0 saturated heterocycles. The van der Waals surface area contributed by atoms with Crippen molar-refractivity contribution in [2.75, 3.05) is 13.2 Å². The summed E-state index contributed by atoms with van der Waals surface area (Å²) in [5, 5.41) is 0. The maximum absolute atomic E-state index is 12.7. The van der Waals surface area contributed by atoms with E-state index in [2.05, 4.69) is 57.2 Å². The fourth-order valence-electron chi connectivity index (χ4n) is 5.39. The van der Waals surface area contributed by atoms with E-state index < -0.39 is 6.10 Å². The van der Waals surface area contributed by atoms with Gasteiger partial charge in [-0.15, -0.1) is 0 Å². The SMILES string of the molecule is CC\C=C/C=C\C=C/C=C\C=C/CCCCCC(=O)OC(COC(=O)CCC/C=C\CCCCCC)COC(=O)CCCCC\C=C/C=C\C=C\C=C/C=C\C=C/C=C\CC. The lowest BCUT2D eigenvalue weighted by atomic mass is 10.1. The van der Waals surface area contributed by atoms with Gasteiger partial charge in [-0.2, -0.15) is 0 Å². The second kappa shape index (κ2) is 47.7. The lowest BCUT2D eigenvalue weighted by Gasteiger charge is -2.18. The minimum absolute atomic E-state index is 0.134. The summed E-state index contributed by atoms with van der Waals surface area (Å²) in [5.41, 5.74) is 0. The van der Waals surface area contributed by atoms with Crippen LogP contribution in [0, 0.1) is 0 Å². The van der Waals surface area contributed by atoms with Crippen LogP contribution in [-0.2, 0) is 28.6 Å². The van der Waals surface area contributed by atoms with E-state index in [1.54, 1.807) is 0 Å². The van der Waals surface area contributed by atoms with Crippen molar-refractivity contribution in [1.82, 2.24) is 0 Å². The minimum Gasteiger partial charge on any atom is -0.462 e. The molecule has 0 bridgehead atoms. The Hall–Kier alpha value is -4.97. The zero-order chi connectivity index (χ0) is 44.4. The van der Waals surface area contributed by atoms with E-state index in [0.29, 0.717) is 19.3 Å². The monoisotopic (exact) mass is 837 g/mol. The Morgan fingerprint density at radius 1 is 0.344 bits per heavy atom. The van der Waals surface area contributed by atoms with Gasteiger partial charge in [0.15, 0.2) is 6.10 Å². The van der Waals surface area contributed by atoms with Gasteiger partial charge in [-0.3, -0.25) is 14.4 Å². The van der Waals surface area contributed by atoms with Crippen molar-refractivity contribution in [3.8, 4) is 0 Å². The first kappa shape index (κ1) is 56.0. The molecule has 0 spiro atoms. The molecule has 0 radical (unpaired) electrons. The molecule has 336 valence electrons. The zero-order valence-corrected chi connectivity index (χ0v) is 38.1. The van der Waals surface area contributed by atoms with Crippen molar-refractivity contribution in [3.05, 3.63) is 158 Å². The minimum atomic E-state index is -0.836. The predicted octanol–water partition coefficient (Wildman–Crippen LogP) is 15.1. The number of hydrogen-bond donors (Lipinski definition) is 0. The van der Waals surface area contributed by atoms with Crippen LogP contribution in [0.1, 0.15) is 149 Å². The van der Waals surface area contributed by atoms with Crippen molar-refractivity contribution in [3.63, 3.8) is 0 Å². The Bertz CT molecular complexity index is 1470. The van der Waals surface area contributed by atoms with Gasteiger partial charge in [0.25, 0.3) is 0 Å². The van der Waals surface area contributed by atoms with Crippen LogP contribution in [0.5, 0.6) is 0 Å². The van der Waals surface area contributed by atoms with E-state index in [9.17, 15) is 14.4 Å². The molecule has 0 fully saturated rings. The van der Waals surface area contributed by atoms with Crippen LogP contribution in [-0.4, -0.2) is 37.2 Å². The van der Waals surface area contributed by atoms with E-state index in [4.69, 9.17) is 14.2 Å². The highest BCUT2D eigenvalue weighted by Crippen LogP contribution is 2.10. The summed E-state index contributed by atoms with van der Waals surface area (Å²) >= 11 is 0. The van der Waals surface area contributed by atoms with E-state index in [1.165, 1.54) is 25.7 Å². The van der Waals surface area contributed by atoms with Crippen molar-refractivity contribution in [1.29, 1.82) is 0 Å². The van der Waals surface area contributed by atoms with Gasteiger partial charge in [0, 0.05) is 19.3 Å². The number of hydrogen-bond acceptors (Lipinski definition) is 6.